The lowest BCUT2D eigenvalue weighted by Gasteiger charge is -1.99. The second kappa shape index (κ2) is 7.05. The molecule has 6 nitrogen and oxygen atoms in total. The van der Waals surface area contributed by atoms with Crippen molar-refractivity contribution >= 4 is 24.0 Å². The first-order valence-electron chi connectivity index (χ1n) is 5.64. The molecule has 0 aliphatic rings. The Balaban J connectivity index is 2.82. The maximum Gasteiger partial charge on any atom is 0.309 e. The summed E-state index contributed by atoms with van der Waals surface area (Å²) >= 11 is 0. The van der Waals surface area contributed by atoms with E-state index in [0.717, 1.165) is 0 Å². The fraction of sp³-hybridized carbons (Fsp3) is 0.231. The first-order valence-corrected chi connectivity index (χ1v) is 5.64. The number of hydrogen-bond acceptors (Lipinski definition) is 5. The highest BCUT2D eigenvalue weighted by molar-refractivity contribution is 5.82. The minimum absolute atomic E-state index is 0.0209. The van der Waals surface area contributed by atoms with E-state index >= 15 is 0 Å². The molecule has 0 spiro atoms. The Bertz CT molecular complexity index is 522. The monoisotopic (exact) mass is 263 g/mol. The van der Waals surface area contributed by atoms with Gasteiger partial charge in [0, 0.05) is 6.07 Å². The van der Waals surface area contributed by atoms with Gasteiger partial charge in [-0.25, -0.2) is 0 Å². The van der Waals surface area contributed by atoms with Crippen molar-refractivity contribution < 1.29 is 19.2 Å². The van der Waals surface area contributed by atoms with E-state index in [1.807, 2.05) is 0 Å². The normalized spacial score (nSPS) is 10.4. The topological polar surface area (TPSA) is 86.5 Å². The van der Waals surface area contributed by atoms with E-state index in [-0.39, 0.29) is 23.6 Å². The van der Waals surface area contributed by atoms with Crippen molar-refractivity contribution in [3.8, 4) is 0 Å². The maximum atomic E-state index is 11.1. The fourth-order valence-electron chi connectivity index (χ4n) is 1.43. The molecule has 0 saturated carbocycles. The van der Waals surface area contributed by atoms with Crippen LogP contribution in [0.15, 0.2) is 24.3 Å². The van der Waals surface area contributed by atoms with Gasteiger partial charge in [0.15, 0.2) is 6.29 Å². The molecule has 100 valence electrons. The maximum absolute atomic E-state index is 11.1. The molecule has 6 heteroatoms. The summed E-state index contributed by atoms with van der Waals surface area (Å²) in [6.07, 6.45) is 3.65. The average molecular weight is 263 g/mol. The molecular weight excluding hydrogens is 250 g/mol. The van der Waals surface area contributed by atoms with Gasteiger partial charge in [-0.1, -0.05) is 18.2 Å². The van der Waals surface area contributed by atoms with Crippen LogP contribution in [0.2, 0.25) is 0 Å². The molecule has 0 aliphatic heterocycles. The number of rotatable bonds is 6. The Labute approximate surface area is 109 Å². The van der Waals surface area contributed by atoms with Gasteiger partial charge in [0.05, 0.1) is 23.5 Å². The van der Waals surface area contributed by atoms with Crippen molar-refractivity contribution in [1.82, 2.24) is 0 Å². The molecule has 0 saturated heterocycles. The van der Waals surface area contributed by atoms with Crippen LogP contribution in [0.25, 0.3) is 6.08 Å². The Kier molecular flexibility index (Phi) is 5.40. The number of esters is 1. The number of nitro benzene ring substituents is 1. The van der Waals surface area contributed by atoms with Crippen molar-refractivity contribution in [2.24, 2.45) is 0 Å². The van der Waals surface area contributed by atoms with Crippen LogP contribution >= 0.6 is 0 Å². The van der Waals surface area contributed by atoms with E-state index in [9.17, 15) is 19.7 Å². The summed E-state index contributed by atoms with van der Waals surface area (Å²) in [4.78, 5) is 31.8. The van der Waals surface area contributed by atoms with Crippen LogP contribution in [0.1, 0.15) is 29.3 Å². The number of nitro groups is 1. The lowest BCUT2D eigenvalue weighted by molar-refractivity contribution is -0.385. The molecule has 0 amide bonds. The Morgan fingerprint density at radius 2 is 2.21 bits per heavy atom. The van der Waals surface area contributed by atoms with Crippen molar-refractivity contribution in [3.63, 3.8) is 0 Å². The summed E-state index contributed by atoms with van der Waals surface area (Å²) in [6.45, 7) is 2.02. The van der Waals surface area contributed by atoms with E-state index in [2.05, 4.69) is 0 Å². The lowest BCUT2D eigenvalue weighted by atomic mass is 10.1. The Morgan fingerprint density at radius 1 is 1.47 bits per heavy atom. The molecule has 19 heavy (non-hydrogen) atoms. The first kappa shape index (κ1) is 14.6. The van der Waals surface area contributed by atoms with Crippen molar-refractivity contribution in [2.75, 3.05) is 6.61 Å². The second-order valence-electron chi connectivity index (χ2n) is 3.60. The zero-order valence-corrected chi connectivity index (χ0v) is 10.4. The quantitative estimate of drug-likeness (QED) is 0.340. The van der Waals surface area contributed by atoms with E-state index in [0.29, 0.717) is 18.5 Å². The van der Waals surface area contributed by atoms with Gasteiger partial charge in [0.2, 0.25) is 0 Å². The minimum Gasteiger partial charge on any atom is -0.466 e. The third-order valence-electron chi connectivity index (χ3n) is 2.28. The van der Waals surface area contributed by atoms with Gasteiger partial charge in [-0.15, -0.1) is 0 Å². The van der Waals surface area contributed by atoms with E-state index in [4.69, 9.17) is 4.74 Å². The molecule has 0 aromatic heterocycles. The van der Waals surface area contributed by atoms with E-state index in [1.54, 1.807) is 25.1 Å². The molecule has 0 radical (unpaired) electrons. The molecule has 1 aromatic rings. The van der Waals surface area contributed by atoms with Gasteiger partial charge < -0.3 is 4.74 Å². The molecule has 0 atom stereocenters. The van der Waals surface area contributed by atoms with Crippen LogP contribution in [-0.4, -0.2) is 23.8 Å². The summed E-state index contributed by atoms with van der Waals surface area (Å²) in [6, 6.07) is 4.22. The van der Waals surface area contributed by atoms with Crippen molar-refractivity contribution in [1.29, 1.82) is 0 Å². The molecule has 0 heterocycles. The minimum atomic E-state index is -0.619. The summed E-state index contributed by atoms with van der Waals surface area (Å²) in [5, 5.41) is 10.7. The van der Waals surface area contributed by atoms with Gasteiger partial charge in [-0.3, -0.25) is 19.7 Å². The van der Waals surface area contributed by atoms with E-state index < -0.39 is 4.92 Å². The van der Waals surface area contributed by atoms with Crippen molar-refractivity contribution in [2.45, 2.75) is 13.3 Å². The zero-order chi connectivity index (χ0) is 14.3. The van der Waals surface area contributed by atoms with E-state index in [1.165, 1.54) is 12.1 Å². The van der Waals surface area contributed by atoms with Gasteiger partial charge in [-0.2, -0.15) is 0 Å². The van der Waals surface area contributed by atoms with Crippen LogP contribution in [0.3, 0.4) is 0 Å². The molecule has 0 aliphatic carbocycles. The van der Waals surface area contributed by atoms with Gasteiger partial charge in [0.25, 0.3) is 5.69 Å². The third-order valence-corrected chi connectivity index (χ3v) is 2.28. The number of carbonyl (C=O) groups excluding carboxylic acids is 2. The number of nitrogens with zero attached hydrogens (tertiary/aromatic N) is 1. The molecule has 1 rings (SSSR count). The predicted octanol–water partition coefficient (Wildman–Crippen LogP) is 2.37. The molecule has 1 aromatic carbocycles. The van der Waals surface area contributed by atoms with Crippen molar-refractivity contribution in [3.05, 3.63) is 45.5 Å². The Morgan fingerprint density at radius 3 is 2.79 bits per heavy atom. The van der Waals surface area contributed by atoms with Gasteiger partial charge in [-0.05, 0) is 18.6 Å². The van der Waals surface area contributed by atoms with Gasteiger partial charge >= 0.3 is 5.97 Å². The number of ether oxygens (including phenoxy) is 1. The standard InChI is InChI=1S/C13H13NO5/c1-2-19-13(16)5-3-4-10-6-7-11(9-15)12(8-10)14(17)18/h3-4,6-9H,2,5H2,1H3. The summed E-state index contributed by atoms with van der Waals surface area (Å²) in [5.41, 5.74) is 0.308. The summed E-state index contributed by atoms with van der Waals surface area (Å²) < 4.78 is 4.73. The molecule has 0 bridgehead atoms. The smallest absolute Gasteiger partial charge is 0.309 e. The molecule has 0 N–H and O–H groups in total. The first-order chi connectivity index (χ1) is 9.08. The van der Waals surface area contributed by atoms with Crippen LogP contribution in [0, 0.1) is 10.1 Å². The van der Waals surface area contributed by atoms with Crippen LogP contribution in [-0.2, 0) is 9.53 Å². The lowest BCUT2D eigenvalue weighted by Crippen LogP contribution is -2.01. The molecular formula is C13H13NO5. The zero-order valence-electron chi connectivity index (χ0n) is 10.4. The van der Waals surface area contributed by atoms with Crippen LogP contribution in [0.4, 0.5) is 5.69 Å². The van der Waals surface area contributed by atoms with Crippen LogP contribution in [0.5, 0.6) is 0 Å². The Hall–Kier alpha value is -2.50. The highest BCUT2D eigenvalue weighted by Crippen LogP contribution is 2.19. The second-order valence-corrected chi connectivity index (χ2v) is 3.60. The molecule has 0 unspecified atom stereocenters. The number of hydrogen-bond donors (Lipinski definition) is 0. The highest BCUT2D eigenvalue weighted by atomic mass is 16.6. The SMILES string of the molecule is CCOC(=O)CC=Cc1ccc(C=O)c([N+](=O)[O-])c1. The largest absolute Gasteiger partial charge is 0.466 e. The van der Waals surface area contributed by atoms with Crippen LogP contribution < -0.4 is 0 Å². The number of aldehydes is 1. The average Bonchev–Trinajstić information content (AvgIpc) is 2.38. The fourth-order valence-corrected chi connectivity index (χ4v) is 1.43. The summed E-state index contributed by atoms with van der Waals surface area (Å²) in [5.74, 6) is -0.363. The third kappa shape index (κ3) is 4.34. The summed E-state index contributed by atoms with van der Waals surface area (Å²) in [7, 11) is 0. The number of benzene rings is 1. The highest BCUT2D eigenvalue weighted by Gasteiger charge is 2.12. The molecule has 0 fully saturated rings. The predicted molar refractivity (Wildman–Crippen MR) is 68.8 cm³/mol. The van der Waals surface area contributed by atoms with Gasteiger partial charge in [0.1, 0.15) is 0 Å². The number of carbonyl (C=O) groups is 2.